The number of hydrogen-bond donors (Lipinski definition) is 1. The first-order valence-electron chi connectivity index (χ1n) is 8.98. The summed E-state index contributed by atoms with van der Waals surface area (Å²) in [6.45, 7) is 6.87. The summed E-state index contributed by atoms with van der Waals surface area (Å²) in [6.07, 6.45) is 10.2. The van der Waals surface area contributed by atoms with Crippen LogP contribution in [0, 0.1) is 0 Å². The maximum atomic E-state index is 6.42. The number of likely N-dealkylation sites (N-methyl/N-ethyl adjacent to an activating group) is 1. The van der Waals surface area contributed by atoms with Gasteiger partial charge in [0.15, 0.2) is 0 Å². The fourth-order valence-electron chi connectivity index (χ4n) is 4.24. The number of nitrogens with one attached hydrogen (secondary N) is 1. The van der Waals surface area contributed by atoms with Gasteiger partial charge in [-0.15, -0.1) is 0 Å². The number of ether oxygens (including phenoxy) is 2. The van der Waals surface area contributed by atoms with E-state index in [-0.39, 0.29) is 10.4 Å². The van der Waals surface area contributed by atoms with E-state index in [4.69, 9.17) is 9.47 Å². The van der Waals surface area contributed by atoms with Crippen LogP contribution in [0.3, 0.4) is 0 Å². The van der Waals surface area contributed by atoms with Crippen molar-refractivity contribution in [2.24, 2.45) is 0 Å². The Morgan fingerprint density at radius 3 is 2.24 bits per heavy atom. The maximum absolute atomic E-state index is 6.42. The van der Waals surface area contributed by atoms with Gasteiger partial charge in [-0.05, 0) is 58.4 Å². The largest absolute Gasteiger partial charge is 0.380 e. The van der Waals surface area contributed by atoms with Crippen molar-refractivity contribution in [3.05, 3.63) is 0 Å². The predicted octanol–water partition coefficient (Wildman–Crippen LogP) is 1.58. The van der Waals surface area contributed by atoms with E-state index in [9.17, 15) is 0 Å². The second-order valence-corrected chi connectivity index (χ2v) is 12.7. The summed E-state index contributed by atoms with van der Waals surface area (Å²) >= 11 is 0. The topological polar surface area (TPSA) is 30.5 Å². The van der Waals surface area contributed by atoms with Crippen molar-refractivity contribution < 1.29 is 9.47 Å². The summed E-state index contributed by atoms with van der Waals surface area (Å²) in [5, 5.41) is 4.02. The molecule has 0 bridgehead atoms. The smallest absolute Gasteiger partial charge is 0.0715 e. The van der Waals surface area contributed by atoms with Crippen LogP contribution in [0.25, 0.3) is 0 Å². The predicted molar refractivity (Wildman–Crippen MR) is 96.0 cm³/mol. The zero-order valence-corrected chi connectivity index (χ0v) is 17.7. The molecule has 2 heterocycles. The Kier molecular flexibility index (Phi) is 6.50. The third-order valence-corrected chi connectivity index (χ3v) is 9.86. The van der Waals surface area contributed by atoms with Crippen molar-refractivity contribution in [3.63, 3.8) is 0 Å². The molecule has 0 aromatic heterocycles. The summed E-state index contributed by atoms with van der Waals surface area (Å²) in [4.78, 5) is 0. The maximum Gasteiger partial charge on any atom is 0.0715 e. The molecule has 0 amide bonds. The Morgan fingerprint density at radius 1 is 1.10 bits per heavy atom. The molecule has 2 saturated heterocycles. The van der Waals surface area contributed by atoms with Gasteiger partial charge in [0.1, 0.15) is 0 Å². The molecule has 1 N–H and O–H groups in total. The molecule has 2 aliphatic heterocycles. The summed E-state index contributed by atoms with van der Waals surface area (Å²) < 4.78 is 12.6. The van der Waals surface area contributed by atoms with Crippen molar-refractivity contribution >= 4 is 19.0 Å². The SMILES string of the molecule is CNC(CCC1([SiH3])CCCCO1)C1([SiH](C)C)CCCCO1. The van der Waals surface area contributed by atoms with Crippen molar-refractivity contribution in [1.82, 2.24) is 5.32 Å². The standard InChI is InChI=1S/C16H35NO2Si2/c1-17-14(8-11-15(20)9-4-6-12-18-15)16(21(2)3)10-5-7-13-19-16/h14,17,21H,4-13H2,1-3,20H3. The summed E-state index contributed by atoms with van der Waals surface area (Å²) in [5.41, 5.74) is 0. The quantitative estimate of drug-likeness (QED) is 0.751. The lowest BCUT2D eigenvalue weighted by Gasteiger charge is -2.47. The fourth-order valence-corrected chi connectivity index (χ4v) is 7.46. The van der Waals surface area contributed by atoms with Crippen LogP contribution in [0.15, 0.2) is 0 Å². The van der Waals surface area contributed by atoms with Gasteiger partial charge in [0.25, 0.3) is 0 Å². The van der Waals surface area contributed by atoms with Crippen LogP contribution in [-0.4, -0.2) is 55.8 Å². The molecule has 3 atom stereocenters. The molecule has 0 aromatic rings. The van der Waals surface area contributed by atoms with E-state index in [1.54, 1.807) is 0 Å². The second kappa shape index (κ2) is 7.73. The molecule has 0 aromatic carbocycles. The highest BCUT2D eigenvalue weighted by Gasteiger charge is 2.44. The summed E-state index contributed by atoms with van der Waals surface area (Å²) in [5.74, 6) is 0. The van der Waals surface area contributed by atoms with Crippen LogP contribution in [-0.2, 0) is 9.47 Å². The van der Waals surface area contributed by atoms with Crippen LogP contribution in [0.1, 0.15) is 51.4 Å². The van der Waals surface area contributed by atoms with E-state index in [0.29, 0.717) is 6.04 Å². The van der Waals surface area contributed by atoms with Gasteiger partial charge >= 0.3 is 0 Å². The minimum atomic E-state index is -0.874. The molecular weight excluding hydrogens is 294 g/mol. The van der Waals surface area contributed by atoms with Crippen LogP contribution in [0.5, 0.6) is 0 Å². The van der Waals surface area contributed by atoms with Crippen molar-refractivity contribution in [2.45, 2.75) is 81.0 Å². The molecular formula is C16H35NO2Si2. The summed E-state index contributed by atoms with van der Waals surface area (Å²) in [6, 6.07) is 0.515. The van der Waals surface area contributed by atoms with Crippen LogP contribution >= 0.6 is 0 Å². The third-order valence-electron chi connectivity index (χ3n) is 5.76. The highest BCUT2D eigenvalue weighted by Crippen LogP contribution is 2.35. The second-order valence-electron chi connectivity index (χ2n) is 7.55. The van der Waals surface area contributed by atoms with E-state index in [1.807, 2.05) is 0 Å². The first-order chi connectivity index (χ1) is 10.0. The van der Waals surface area contributed by atoms with E-state index in [1.165, 1.54) is 51.4 Å². The Hall–Kier alpha value is 0.314. The molecule has 124 valence electrons. The minimum Gasteiger partial charge on any atom is -0.380 e. The lowest BCUT2D eigenvalue weighted by atomic mass is 9.94. The highest BCUT2D eigenvalue weighted by atomic mass is 28.3. The lowest BCUT2D eigenvalue weighted by Crippen LogP contribution is -2.61. The first kappa shape index (κ1) is 17.7. The Morgan fingerprint density at radius 2 is 1.76 bits per heavy atom. The van der Waals surface area contributed by atoms with E-state index >= 15 is 0 Å². The van der Waals surface area contributed by atoms with E-state index < -0.39 is 8.80 Å². The van der Waals surface area contributed by atoms with Gasteiger partial charge in [-0.2, -0.15) is 0 Å². The average Bonchev–Trinajstić information content (AvgIpc) is 2.49. The zero-order valence-electron chi connectivity index (χ0n) is 14.5. The van der Waals surface area contributed by atoms with E-state index in [0.717, 1.165) is 23.5 Å². The minimum absolute atomic E-state index is 0.166. The molecule has 0 spiro atoms. The number of rotatable bonds is 6. The van der Waals surface area contributed by atoms with Gasteiger partial charge < -0.3 is 14.8 Å². The molecule has 2 fully saturated rings. The molecule has 2 aliphatic rings. The van der Waals surface area contributed by atoms with Crippen LogP contribution in [0.4, 0.5) is 0 Å². The molecule has 0 aliphatic carbocycles. The molecule has 5 heteroatoms. The van der Waals surface area contributed by atoms with Gasteiger partial charge in [0.2, 0.25) is 0 Å². The summed E-state index contributed by atoms with van der Waals surface area (Å²) in [7, 11) is 2.41. The van der Waals surface area contributed by atoms with E-state index in [2.05, 4.69) is 25.5 Å². The molecule has 3 unspecified atom stereocenters. The lowest BCUT2D eigenvalue weighted by molar-refractivity contribution is -0.0586. The molecule has 3 nitrogen and oxygen atoms in total. The van der Waals surface area contributed by atoms with Gasteiger partial charge in [-0.1, -0.05) is 13.1 Å². The molecule has 0 radical (unpaired) electrons. The number of hydrogen-bond acceptors (Lipinski definition) is 3. The average molecular weight is 330 g/mol. The van der Waals surface area contributed by atoms with Crippen LogP contribution < -0.4 is 5.32 Å². The molecule has 2 rings (SSSR count). The Balaban J connectivity index is 1.99. The highest BCUT2D eigenvalue weighted by molar-refractivity contribution is 6.59. The monoisotopic (exact) mass is 329 g/mol. The van der Waals surface area contributed by atoms with Crippen molar-refractivity contribution in [3.8, 4) is 0 Å². The first-order valence-corrected chi connectivity index (χ1v) is 12.9. The van der Waals surface area contributed by atoms with Gasteiger partial charge in [0, 0.05) is 34.7 Å². The molecule has 21 heavy (non-hydrogen) atoms. The fraction of sp³-hybridized carbons (Fsp3) is 1.00. The van der Waals surface area contributed by atoms with Gasteiger partial charge in [-0.25, -0.2) is 0 Å². The Bertz CT molecular complexity index is 313. The van der Waals surface area contributed by atoms with Gasteiger partial charge in [0.05, 0.1) is 14.0 Å². The van der Waals surface area contributed by atoms with Gasteiger partial charge in [-0.3, -0.25) is 0 Å². The van der Waals surface area contributed by atoms with Crippen molar-refractivity contribution in [2.75, 3.05) is 20.3 Å². The third kappa shape index (κ3) is 4.19. The Labute approximate surface area is 135 Å². The van der Waals surface area contributed by atoms with Crippen LogP contribution in [0.2, 0.25) is 13.1 Å². The molecule has 0 saturated carbocycles. The normalized spacial score (nSPS) is 36.0. The van der Waals surface area contributed by atoms with Crippen molar-refractivity contribution in [1.29, 1.82) is 0 Å². The zero-order chi connectivity index (χ0) is 15.3.